The summed E-state index contributed by atoms with van der Waals surface area (Å²) in [7, 11) is 0. The van der Waals surface area contributed by atoms with Crippen molar-refractivity contribution >= 4 is 52.3 Å². The number of halogens is 5. The standard InChI is InChI=1S/C22H18Cl2F3N3O4S/c23-11-6-10(7-12(24)8-11)21(22(25,26)27)9-16(30-34-21)17-13-2-1-3-14(13)19(35-17)33-20(32)29-15-4-5-28-18(15)31/h6-8,15H,1-5,9H2,(H,28,31)(H,29,32)/t15-,21?/m1/s1. The van der Waals surface area contributed by atoms with Gasteiger partial charge < -0.3 is 20.2 Å². The van der Waals surface area contributed by atoms with Crippen LogP contribution in [0.1, 0.15) is 40.8 Å². The van der Waals surface area contributed by atoms with E-state index in [2.05, 4.69) is 15.8 Å². The van der Waals surface area contributed by atoms with Crippen LogP contribution < -0.4 is 15.4 Å². The van der Waals surface area contributed by atoms with Crippen LogP contribution in [0.25, 0.3) is 0 Å². The third kappa shape index (κ3) is 4.34. The quantitative estimate of drug-likeness (QED) is 0.557. The van der Waals surface area contributed by atoms with Crippen molar-refractivity contribution in [1.82, 2.24) is 10.6 Å². The minimum absolute atomic E-state index is 0.0443. The van der Waals surface area contributed by atoms with Crippen LogP contribution in [0.5, 0.6) is 5.06 Å². The molecular formula is C22H18Cl2F3N3O4S. The smallest absolute Gasteiger partial charge is 0.399 e. The summed E-state index contributed by atoms with van der Waals surface area (Å²) in [4.78, 5) is 29.7. The maximum absolute atomic E-state index is 14.3. The molecule has 0 bridgehead atoms. The van der Waals surface area contributed by atoms with Gasteiger partial charge in [-0.15, -0.1) is 0 Å². The molecule has 186 valence electrons. The van der Waals surface area contributed by atoms with E-state index in [9.17, 15) is 22.8 Å². The summed E-state index contributed by atoms with van der Waals surface area (Å²) in [5.41, 5.74) is -1.34. The lowest BCUT2D eigenvalue weighted by Gasteiger charge is -2.29. The number of nitrogens with one attached hydrogen (secondary N) is 2. The van der Waals surface area contributed by atoms with E-state index in [1.807, 2.05) is 0 Å². The molecule has 2 N–H and O–H groups in total. The fourth-order valence-corrected chi connectivity index (χ4v) is 6.30. The predicted molar refractivity (Wildman–Crippen MR) is 123 cm³/mol. The third-order valence-electron chi connectivity index (χ3n) is 6.24. The molecule has 0 spiro atoms. The number of thiophene rings is 1. The van der Waals surface area contributed by atoms with Crippen LogP contribution in [-0.2, 0) is 28.1 Å². The van der Waals surface area contributed by atoms with E-state index >= 15 is 0 Å². The number of benzene rings is 1. The van der Waals surface area contributed by atoms with Crippen molar-refractivity contribution in [3.8, 4) is 5.06 Å². The molecule has 1 unspecified atom stereocenters. The molecule has 35 heavy (non-hydrogen) atoms. The maximum Gasteiger partial charge on any atom is 0.435 e. The molecule has 5 rings (SSSR count). The molecular weight excluding hydrogens is 530 g/mol. The van der Waals surface area contributed by atoms with Crippen LogP contribution in [0, 0.1) is 0 Å². The van der Waals surface area contributed by atoms with Gasteiger partial charge in [-0.3, -0.25) is 4.79 Å². The minimum atomic E-state index is -4.81. The Morgan fingerprint density at radius 1 is 1.23 bits per heavy atom. The minimum Gasteiger partial charge on any atom is -0.399 e. The summed E-state index contributed by atoms with van der Waals surface area (Å²) in [6.07, 6.45) is -3.77. The number of carbonyl (C=O) groups excluding carboxylic acids is 2. The first-order chi connectivity index (χ1) is 16.6. The molecule has 13 heteroatoms. The first kappa shape index (κ1) is 24.2. The molecule has 2 aromatic rings. The van der Waals surface area contributed by atoms with Crippen LogP contribution in [-0.4, -0.2) is 36.5 Å². The first-order valence-electron chi connectivity index (χ1n) is 10.8. The zero-order valence-corrected chi connectivity index (χ0v) is 20.3. The van der Waals surface area contributed by atoms with Gasteiger partial charge >= 0.3 is 12.3 Å². The zero-order valence-electron chi connectivity index (χ0n) is 17.9. The Labute approximate surface area is 211 Å². The number of carbonyl (C=O) groups is 2. The van der Waals surface area contributed by atoms with Gasteiger partial charge in [0.1, 0.15) is 11.8 Å². The Bertz CT molecular complexity index is 1230. The zero-order chi connectivity index (χ0) is 25.0. The molecule has 0 saturated carbocycles. The van der Waals surface area contributed by atoms with Crippen LogP contribution in [0.2, 0.25) is 10.0 Å². The largest absolute Gasteiger partial charge is 0.435 e. The summed E-state index contributed by atoms with van der Waals surface area (Å²) < 4.78 is 48.5. The highest BCUT2D eigenvalue weighted by Gasteiger charge is 2.62. The second-order valence-electron chi connectivity index (χ2n) is 8.48. The molecule has 1 aliphatic carbocycles. The predicted octanol–water partition coefficient (Wildman–Crippen LogP) is 5.10. The highest BCUT2D eigenvalue weighted by atomic mass is 35.5. The average molecular weight is 548 g/mol. The van der Waals surface area contributed by atoms with Crippen molar-refractivity contribution in [1.29, 1.82) is 0 Å². The Kier molecular flexibility index (Phi) is 6.13. The van der Waals surface area contributed by atoms with Crippen molar-refractivity contribution in [3.63, 3.8) is 0 Å². The summed E-state index contributed by atoms with van der Waals surface area (Å²) >= 11 is 13.0. The normalized spacial score (nSPS) is 23.5. The van der Waals surface area contributed by atoms with Gasteiger partial charge in [0.15, 0.2) is 5.06 Å². The molecule has 3 aliphatic rings. The van der Waals surface area contributed by atoms with E-state index in [0.717, 1.165) is 41.0 Å². The molecule has 0 radical (unpaired) electrons. The van der Waals surface area contributed by atoms with Gasteiger partial charge in [0.25, 0.3) is 5.60 Å². The summed E-state index contributed by atoms with van der Waals surface area (Å²) in [6.45, 7) is 0.459. The van der Waals surface area contributed by atoms with Crippen LogP contribution in [0.4, 0.5) is 18.0 Å². The van der Waals surface area contributed by atoms with E-state index < -0.39 is 30.3 Å². The number of alkyl halides is 3. The summed E-state index contributed by atoms with van der Waals surface area (Å²) in [5, 5.41) is 9.34. The van der Waals surface area contributed by atoms with Crippen molar-refractivity contribution in [3.05, 3.63) is 49.8 Å². The van der Waals surface area contributed by atoms with Gasteiger partial charge in [0, 0.05) is 27.7 Å². The van der Waals surface area contributed by atoms with Crippen LogP contribution in [0.3, 0.4) is 0 Å². The Hall–Kier alpha value is -2.50. The van der Waals surface area contributed by atoms with Crippen LogP contribution >= 0.6 is 34.5 Å². The van der Waals surface area contributed by atoms with E-state index in [-0.39, 0.29) is 32.3 Å². The van der Waals surface area contributed by atoms with Gasteiger partial charge in [0.05, 0.1) is 11.3 Å². The Balaban J connectivity index is 1.43. The van der Waals surface area contributed by atoms with Gasteiger partial charge in [-0.05, 0) is 49.4 Å². The second kappa shape index (κ2) is 8.86. The molecule has 1 aromatic heterocycles. The van der Waals surface area contributed by atoms with E-state index in [4.69, 9.17) is 32.8 Å². The van der Waals surface area contributed by atoms with E-state index in [1.165, 1.54) is 6.07 Å². The van der Waals surface area contributed by atoms with Crippen molar-refractivity contribution in [2.24, 2.45) is 5.16 Å². The number of rotatable bonds is 4. The molecule has 2 aliphatic heterocycles. The second-order valence-corrected chi connectivity index (χ2v) is 10.3. The number of amides is 2. The van der Waals surface area contributed by atoms with E-state index in [0.29, 0.717) is 30.7 Å². The van der Waals surface area contributed by atoms with Gasteiger partial charge in [0.2, 0.25) is 5.91 Å². The number of fused-ring (bicyclic) bond motifs is 1. The van der Waals surface area contributed by atoms with Gasteiger partial charge in [-0.2, -0.15) is 13.2 Å². The maximum atomic E-state index is 14.3. The SMILES string of the molecule is O=C(N[C@@H]1CCNC1=O)Oc1sc(C2=NOC(c3cc(Cl)cc(Cl)c3)(C(F)(F)F)C2)c2c1CCC2. The van der Waals surface area contributed by atoms with Crippen molar-refractivity contribution in [2.45, 2.75) is 49.9 Å². The fraction of sp³-hybridized carbons (Fsp3) is 0.409. The molecule has 1 fully saturated rings. The molecule has 1 aromatic carbocycles. The molecule has 2 atom stereocenters. The van der Waals surface area contributed by atoms with Crippen LogP contribution in [0.15, 0.2) is 23.4 Å². The van der Waals surface area contributed by atoms with Crippen molar-refractivity contribution in [2.75, 3.05) is 6.54 Å². The lowest BCUT2D eigenvalue weighted by molar-refractivity contribution is -0.275. The Morgan fingerprint density at radius 3 is 2.60 bits per heavy atom. The highest BCUT2D eigenvalue weighted by molar-refractivity contribution is 7.16. The highest BCUT2D eigenvalue weighted by Crippen LogP contribution is 2.51. The average Bonchev–Trinajstić information content (AvgIpc) is 3.53. The lowest BCUT2D eigenvalue weighted by atomic mass is 9.87. The molecule has 7 nitrogen and oxygen atoms in total. The van der Waals surface area contributed by atoms with Crippen molar-refractivity contribution < 1.29 is 32.3 Å². The molecule has 3 heterocycles. The summed E-state index contributed by atoms with van der Waals surface area (Å²) in [6, 6.07) is 2.98. The number of nitrogens with zero attached hydrogens (tertiary/aromatic N) is 1. The van der Waals surface area contributed by atoms with Gasteiger partial charge in [-0.25, -0.2) is 4.79 Å². The monoisotopic (exact) mass is 547 g/mol. The molecule has 1 saturated heterocycles. The first-order valence-corrected chi connectivity index (χ1v) is 12.3. The Morgan fingerprint density at radius 2 is 1.94 bits per heavy atom. The van der Waals surface area contributed by atoms with Gasteiger partial charge in [-0.1, -0.05) is 39.7 Å². The number of hydrogen-bond donors (Lipinski definition) is 2. The number of hydrogen-bond acceptors (Lipinski definition) is 6. The fourth-order valence-electron chi connectivity index (χ4n) is 4.55. The topological polar surface area (TPSA) is 89.0 Å². The van der Waals surface area contributed by atoms with E-state index in [1.54, 1.807) is 0 Å². The lowest BCUT2D eigenvalue weighted by Crippen LogP contribution is -2.42. The molecule has 2 amide bonds. The summed E-state index contributed by atoms with van der Waals surface area (Å²) in [5.74, 6) is -0.291. The number of oxime groups is 1. The number of ether oxygens (including phenoxy) is 1. The third-order valence-corrected chi connectivity index (χ3v) is 7.87.